The Labute approximate surface area is 169 Å². The fourth-order valence-corrected chi connectivity index (χ4v) is 4.47. The SMILES string of the molecule is COc1ccc(S(=O)(=O)N(Cc2ccccc2)c2ccc(C)cc2)c([N+](=O)[O-])c1. The number of nitro groups is 1. The van der Waals surface area contributed by atoms with Gasteiger partial charge < -0.3 is 4.74 Å². The molecule has 0 atom stereocenters. The lowest BCUT2D eigenvalue weighted by atomic mass is 10.2. The van der Waals surface area contributed by atoms with E-state index in [9.17, 15) is 18.5 Å². The van der Waals surface area contributed by atoms with Crippen LogP contribution in [0.15, 0.2) is 77.7 Å². The molecule has 150 valence electrons. The van der Waals surface area contributed by atoms with Crippen molar-refractivity contribution < 1.29 is 18.1 Å². The summed E-state index contributed by atoms with van der Waals surface area (Å²) in [6, 6.07) is 19.8. The van der Waals surface area contributed by atoms with Crippen LogP contribution in [0.1, 0.15) is 11.1 Å². The van der Waals surface area contributed by atoms with Crippen LogP contribution < -0.4 is 9.04 Å². The average Bonchev–Trinajstić information content (AvgIpc) is 2.73. The summed E-state index contributed by atoms with van der Waals surface area (Å²) in [5.74, 6) is 0.209. The van der Waals surface area contributed by atoms with Crippen molar-refractivity contribution in [1.82, 2.24) is 0 Å². The van der Waals surface area contributed by atoms with Gasteiger partial charge in [-0.05, 0) is 36.8 Å². The van der Waals surface area contributed by atoms with E-state index in [4.69, 9.17) is 4.74 Å². The van der Waals surface area contributed by atoms with Gasteiger partial charge in [-0.3, -0.25) is 14.4 Å². The van der Waals surface area contributed by atoms with E-state index in [1.165, 1.54) is 23.5 Å². The highest BCUT2D eigenvalue weighted by Gasteiger charge is 2.32. The van der Waals surface area contributed by atoms with Gasteiger partial charge in [-0.15, -0.1) is 0 Å². The minimum Gasteiger partial charge on any atom is -0.497 e. The Morgan fingerprint density at radius 3 is 2.24 bits per heavy atom. The van der Waals surface area contributed by atoms with Crippen LogP contribution in [0.5, 0.6) is 5.75 Å². The predicted molar refractivity (Wildman–Crippen MR) is 111 cm³/mol. The Bertz CT molecular complexity index is 1110. The van der Waals surface area contributed by atoms with Crippen molar-refractivity contribution in [2.75, 3.05) is 11.4 Å². The fourth-order valence-electron chi connectivity index (χ4n) is 2.88. The Hall–Kier alpha value is -3.39. The number of benzene rings is 3. The van der Waals surface area contributed by atoms with E-state index in [0.717, 1.165) is 17.2 Å². The minimum atomic E-state index is -4.23. The molecular formula is C21H20N2O5S. The van der Waals surface area contributed by atoms with Gasteiger partial charge in [0.05, 0.1) is 30.3 Å². The molecule has 0 aromatic heterocycles. The highest BCUT2D eigenvalue weighted by molar-refractivity contribution is 7.93. The molecule has 0 fully saturated rings. The topological polar surface area (TPSA) is 89.8 Å². The molecule has 8 heteroatoms. The van der Waals surface area contributed by atoms with Gasteiger partial charge in [0.1, 0.15) is 5.75 Å². The minimum absolute atomic E-state index is 0.0371. The maximum Gasteiger partial charge on any atom is 0.293 e. The van der Waals surface area contributed by atoms with Crippen LogP contribution in [-0.4, -0.2) is 20.5 Å². The second-order valence-corrected chi connectivity index (χ2v) is 8.25. The largest absolute Gasteiger partial charge is 0.497 e. The first kappa shape index (κ1) is 20.3. The van der Waals surface area contributed by atoms with Crippen LogP contribution in [0.3, 0.4) is 0 Å². The molecule has 3 aromatic rings. The second-order valence-electron chi connectivity index (χ2n) is 6.42. The van der Waals surface area contributed by atoms with Gasteiger partial charge in [0, 0.05) is 0 Å². The smallest absolute Gasteiger partial charge is 0.293 e. The number of sulfonamides is 1. The van der Waals surface area contributed by atoms with Crippen molar-refractivity contribution in [3.05, 3.63) is 94.0 Å². The zero-order valence-corrected chi connectivity index (χ0v) is 16.8. The van der Waals surface area contributed by atoms with E-state index in [0.29, 0.717) is 5.69 Å². The molecule has 0 saturated heterocycles. The van der Waals surface area contributed by atoms with Gasteiger partial charge >= 0.3 is 0 Å². The van der Waals surface area contributed by atoms with Crippen LogP contribution in [0.2, 0.25) is 0 Å². The maximum absolute atomic E-state index is 13.5. The summed E-state index contributed by atoms with van der Waals surface area (Å²) in [6.07, 6.45) is 0. The number of methoxy groups -OCH3 is 1. The lowest BCUT2D eigenvalue weighted by Gasteiger charge is -2.25. The van der Waals surface area contributed by atoms with E-state index in [1.54, 1.807) is 36.4 Å². The maximum atomic E-state index is 13.5. The molecule has 29 heavy (non-hydrogen) atoms. The molecule has 3 aromatic carbocycles. The van der Waals surface area contributed by atoms with Gasteiger partial charge in [-0.1, -0.05) is 48.0 Å². The number of ether oxygens (including phenoxy) is 1. The Morgan fingerprint density at radius 2 is 1.66 bits per heavy atom. The van der Waals surface area contributed by atoms with E-state index in [-0.39, 0.29) is 17.2 Å². The number of anilines is 1. The summed E-state index contributed by atoms with van der Waals surface area (Å²) in [4.78, 5) is 10.5. The summed E-state index contributed by atoms with van der Waals surface area (Å²) in [5, 5.41) is 11.6. The molecule has 0 spiro atoms. The molecule has 0 N–H and O–H groups in total. The van der Waals surface area contributed by atoms with Crippen molar-refractivity contribution in [2.45, 2.75) is 18.4 Å². The van der Waals surface area contributed by atoms with Crippen LogP contribution in [-0.2, 0) is 16.6 Å². The number of hydrogen-bond acceptors (Lipinski definition) is 5. The summed E-state index contributed by atoms with van der Waals surface area (Å²) in [7, 11) is -2.87. The summed E-state index contributed by atoms with van der Waals surface area (Å²) in [6.45, 7) is 1.93. The van der Waals surface area contributed by atoms with Gasteiger partial charge in [0.25, 0.3) is 15.7 Å². The van der Waals surface area contributed by atoms with Crippen molar-refractivity contribution in [3.8, 4) is 5.75 Å². The molecular weight excluding hydrogens is 392 g/mol. The highest BCUT2D eigenvalue weighted by atomic mass is 32.2. The third kappa shape index (κ3) is 4.38. The number of nitrogens with zero attached hydrogens (tertiary/aromatic N) is 2. The summed E-state index contributed by atoms with van der Waals surface area (Å²) >= 11 is 0. The van der Waals surface area contributed by atoms with Gasteiger partial charge in [-0.25, -0.2) is 8.42 Å². The van der Waals surface area contributed by atoms with Crippen LogP contribution in [0, 0.1) is 17.0 Å². The van der Waals surface area contributed by atoms with E-state index in [1.807, 2.05) is 25.1 Å². The van der Waals surface area contributed by atoms with Crippen LogP contribution in [0.4, 0.5) is 11.4 Å². The standard InChI is InChI=1S/C21H20N2O5S/c1-16-8-10-18(11-9-16)22(15-17-6-4-3-5-7-17)29(26,27)21-13-12-19(28-2)14-20(21)23(24)25/h3-14H,15H2,1-2H3. The molecule has 3 rings (SSSR count). The lowest BCUT2D eigenvalue weighted by molar-refractivity contribution is -0.387. The molecule has 0 heterocycles. The molecule has 0 saturated carbocycles. The van der Waals surface area contributed by atoms with Crippen molar-refractivity contribution in [1.29, 1.82) is 0 Å². The molecule has 0 aliphatic rings. The lowest BCUT2D eigenvalue weighted by Crippen LogP contribution is -2.31. The molecule has 0 amide bonds. The van der Waals surface area contributed by atoms with Gasteiger partial charge in [-0.2, -0.15) is 0 Å². The van der Waals surface area contributed by atoms with Gasteiger partial charge in [0.15, 0.2) is 4.90 Å². The number of aryl methyl sites for hydroxylation is 1. The highest BCUT2D eigenvalue weighted by Crippen LogP contribution is 2.33. The van der Waals surface area contributed by atoms with Crippen molar-refractivity contribution >= 4 is 21.4 Å². The Kier molecular flexibility index (Phi) is 5.84. The molecule has 0 aliphatic carbocycles. The normalized spacial score (nSPS) is 11.1. The first-order chi connectivity index (χ1) is 13.8. The van der Waals surface area contributed by atoms with E-state index in [2.05, 4.69) is 0 Å². The third-order valence-corrected chi connectivity index (χ3v) is 6.24. The molecule has 0 bridgehead atoms. The quantitative estimate of drug-likeness (QED) is 0.426. The molecule has 0 radical (unpaired) electrons. The predicted octanol–water partition coefficient (Wildman–Crippen LogP) is 4.31. The zero-order chi connectivity index (χ0) is 21.0. The third-order valence-electron chi connectivity index (χ3n) is 4.42. The average molecular weight is 412 g/mol. The van der Waals surface area contributed by atoms with Crippen molar-refractivity contribution in [3.63, 3.8) is 0 Å². The molecule has 7 nitrogen and oxygen atoms in total. The zero-order valence-electron chi connectivity index (χ0n) is 16.0. The second kappa shape index (κ2) is 8.32. The monoisotopic (exact) mass is 412 g/mol. The number of nitro benzene ring substituents is 1. The Morgan fingerprint density at radius 1 is 1.00 bits per heavy atom. The van der Waals surface area contributed by atoms with Crippen molar-refractivity contribution in [2.24, 2.45) is 0 Å². The van der Waals surface area contributed by atoms with Gasteiger partial charge in [0.2, 0.25) is 0 Å². The molecule has 0 aliphatic heterocycles. The first-order valence-electron chi connectivity index (χ1n) is 8.78. The number of hydrogen-bond donors (Lipinski definition) is 0. The van der Waals surface area contributed by atoms with E-state index >= 15 is 0 Å². The molecule has 0 unspecified atom stereocenters. The van der Waals surface area contributed by atoms with E-state index < -0.39 is 20.6 Å². The van der Waals surface area contributed by atoms with Crippen LogP contribution in [0.25, 0.3) is 0 Å². The summed E-state index contributed by atoms with van der Waals surface area (Å²) in [5.41, 5.74) is 1.62. The summed E-state index contributed by atoms with van der Waals surface area (Å²) < 4.78 is 33.2. The Balaban J connectivity index is 2.16. The fraction of sp³-hybridized carbons (Fsp3) is 0.143. The first-order valence-corrected chi connectivity index (χ1v) is 10.2. The number of rotatable bonds is 7. The van der Waals surface area contributed by atoms with Crippen LogP contribution >= 0.6 is 0 Å².